The Bertz CT molecular complexity index is 1920. The predicted molar refractivity (Wildman–Crippen MR) is 157 cm³/mol. The molecule has 3 heterocycles. The molecule has 10 nitrogen and oxygen atoms in total. The normalized spacial score (nSPS) is 18.7. The molecule has 0 fully saturated rings. The van der Waals surface area contributed by atoms with E-state index in [1.807, 2.05) is 31.2 Å². The smallest absolute Gasteiger partial charge is 0.417 e. The fourth-order valence-corrected chi connectivity index (χ4v) is 7.99. The summed E-state index contributed by atoms with van der Waals surface area (Å²) < 4.78 is 77.3. The highest BCUT2D eigenvalue weighted by Crippen LogP contribution is 2.40. The number of carbonyl (C=O) groups is 1. The summed E-state index contributed by atoms with van der Waals surface area (Å²) >= 11 is 0. The Balaban J connectivity index is 1.46. The van der Waals surface area contributed by atoms with Crippen LogP contribution in [0.4, 0.5) is 13.2 Å². The molecule has 2 aromatic heterocycles. The van der Waals surface area contributed by atoms with Gasteiger partial charge < -0.3 is 9.84 Å². The minimum atomic E-state index is -4.79. The van der Waals surface area contributed by atoms with Crippen LogP contribution in [0.1, 0.15) is 71.0 Å². The van der Waals surface area contributed by atoms with Crippen LogP contribution in [0.5, 0.6) is 5.88 Å². The molecule has 2 aromatic carbocycles. The largest absolute Gasteiger partial charge is 0.481 e. The summed E-state index contributed by atoms with van der Waals surface area (Å²) in [6.45, 7) is 3.48. The Hall–Kier alpha value is -4.04. The molecular weight excluding hydrogens is 611 g/mol. The van der Waals surface area contributed by atoms with Crippen LogP contribution in [-0.2, 0) is 47.4 Å². The predicted octanol–water partition coefficient (Wildman–Crippen LogP) is 5.15. The molecule has 0 amide bonds. The molecule has 0 bridgehead atoms. The second-order valence-electron chi connectivity index (χ2n) is 11.7. The van der Waals surface area contributed by atoms with E-state index in [-0.39, 0.29) is 25.4 Å². The zero-order chi connectivity index (χ0) is 32.3. The molecule has 1 unspecified atom stereocenters. The Morgan fingerprint density at radius 1 is 1.20 bits per heavy atom. The number of aromatic nitrogens is 4. The molecule has 0 saturated heterocycles. The second kappa shape index (κ2) is 11.4. The molecule has 6 rings (SSSR count). The van der Waals surface area contributed by atoms with Crippen molar-refractivity contribution in [1.29, 1.82) is 0 Å². The number of hydrogen-bond acceptors (Lipinski definition) is 7. The SMILES string of the molecule is CC[C@@H]1CN(Cc2cc(C(CC(=O)O)c3ccc4c(nnn4C)c3C)cc3c2CCC3)S(=O)(=O)c2cc(C(F)(F)F)cnc2O1. The summed E-state index contributed by atoms with van der Waals surface area (Å²) in [6.07, 6.45) is -2.37. The molecular formula is C31H32F3N5O5S. The van der Waals surface area contributed by atoms with Crippen LogP contribution in [-0.4, -0.2) is 56.4 Å². The van der Waals surface area contributed by atoms with E-state index in [9.17, 15) is 31.5 Å². The van der Waals surface area contributed by atoms with Gasteiger partial charge in [-0.3, -0.25) is 4.79 Å². The first-order valence-corrected chi connectivity index (χ1v) is 16.1. The maximum atomic E-state index is 14.0. The molecule has 1 aliphatic carbocycles. The van der Waals surface area contributed by atoms with Crippen molar-refractivity contribution in [3.63, 3.8) is 0 Å². The van der Waals surface area contributed by atoms with Crippen LogP contribution in [0.25, 0.3) is 11.0 Å². The standard InChI is InChI=1S/C31H32F3N5O5S/c1-4-22-16-39(45(42,43)27-12-21(31(32,33)34)14-35-30(27)44-22)15-20-11-19(10-18-6-5-7-24(18)20)25(13-28(40)41)23-8-9-26-29(17(23)2)36-37-38(26)3/h8-12,14,22,25H,4-7,13,15-16H2,1-3H3,(H,40,41)/t22-,25?/m1/s1. The van der Waals surface area contributed by atoms with Crippen molar-refractivity contribution in [2.45, 2.75) is 75.6 Å². The molecule has 14 heteroatoms. The van der Waals surface area contributed by atoms with E-state index in [1.54, 1.807) is 18.7 Å². The van der Waals surface area contributed by atoms with Gasteiger partial charge in [0.15, 0.2) is 0 Å². The number of nitrogens with zero attached hydrogens (tertiary/aromatic N) is 5. The van der Waals surface area contributed by atoms with Gasteiger partial charge >= 0.3 is 12.1 Å². The summed E-state index contributed by atoms with van der Waals surface area (Å²) in [6, 6.07) is 8.18. The van der Waals surface area contributed by atoms with Gasteiger partial charge in [0.05, 0.1) is 24.0 Å². The number of rotatable bonds is 7. The number of hydrogen-bond donors (Lipinski definition) is 1. The van der Waals surface area contributed by atoms with E-state index in [0.717, 1.165) is 50.5 Å². The molecule has 2 atom stereocenters. The zero-order valence-electron chi connectivity index (χ0n) is 24.9. The topological polar surface area (TPSA) is 128 Å². The third kappa shape index (κ3) is 5.65. The van der Waals surface area contributed by atoms with Gasteiger partial charge in [-0.05, 0) is 78.1 Å². The van der Waals surface area contributed by atoms with Crippen molar-refractivity contribution in [3.8, 4) is 5.88 Å². The van der Waals surface area contributed by atoms with Crippen molar-refractivity contribution in [1.82, 2.24) is 24.3 Å². The first kappa shape index (κ1) is 31.0. The van der Waals surface area contributed by atoms with E-state index >= 15 is 0 Å². The number of carboxylic acids is 1. The maximum Gasteiger partial charge on any atom is 0.417 e. The number of aliphatic carboxylic acids is 1. The van der Waals surface area contributed by atoms with Crippen molar-refractivity contribution in [2.75, 3.05) is 6.54 Å². The molecule has 238 valence electrons. The van der Waals surface area contributed by atoms with Crippen LogP contribution in [0.15, 0.2) is 41.4 Å². The zero-order valence-corrected chi connectivity index (χ0v) is 25.7. The molecule has 45 heavy (non-hydrogen) atoms. The Morgan fingerprint density at radius 3 is 2.69 bits per heavy atom. The molecule has 0 saturated carbocycles. The van der Waals surface area contributed by atoms with E-state index in [0.29, 0.717) is 36.2 Å². The number of ether oxygens (including phenoxy) is 1. The van der Waals surface area contributed by atoms with Crippen LogP contribution in [0.2, 0.25) is 0 Å². The average molecular weight is 644 g/mol. The highest BCUT2D eigenvalue weighted by molar-refractivity contribution is 7.89. The molecule has 1 N–H and O–H groups in total. The molecule has 0 radical (unpaired) electrons. The third-order valence-electron chi connectivity index (χ3n) is 8.82. The average Bonchev–Trinajstić information content (AvgIpc) is 3.59. The van der Waals surface area contributed by atoms with Gasteiger partial charge in [-0.15, -0.1) is 5.10 Å². The molecule has 0 spiro atoms. The maximum absolute atomic E-state index is 14.0. The minimum absolute atomic E-state index is 0.0868. The van der Waals surface area contributed by atoms with Crippen LogP contribution < -0.4 is 4.74 Å². The van der Waals surface area contributed by atoms with E-state index < -0.39 is 44.6 Å². The van der Waals surface area contributed by atoms with Gasteiger partial charge in [0.1, 0.15) is 16.5 Å². The van der Waals surface area contributed by atoms with Crippen molar-refractivity contribution >= 4 is 27.0 Å². The van der Waals surface area contributed by atoms with Gasteiger partial charge in [0, 0.05) is 25.7 Å². The fraction of sp³-hybridized carbons (Fsp3) is 0.419. The lowest BCUT2D eigenvalue weighted by atomic mass is 9.83. The monoisotopic (exact) mass is 643 g/mol. The van der Waals surface area contributed by atoms with Crippen molar-refractivity contribution in [2.24, 2.45) is 7.05 Å². The lowest BCUT2D eigenvalue weighted by Gasteiger charge is -2.25. The number of alkyl halides is 3. The quantitative estimate of drug-likeness (QED) is 0.293. The summed E-state index contributed by atoms with van der Waals surface area (Å²) in [5.41, 5.74) is 5.26. The Kier molecular flexibility index (Phi) is 7.84. The molecule has 4 aromatic rings. The first-order chi connectivity index (χ1) is 21.3. The highest BCUT2D eigenvalue weighted by Gasteiger charge is 2.40. The van der Waals surface area contributed by atoms with Gasteiger partial charge in [-0.2, -0.15) is 17.5 Å². The van der Waals surface area contributed by atoms with Crippen molar-refractivity contribution < 1.29 is 36.2 Å². The Labute approximate surface area is 257 Å². The fourth-order valence-electron chi connectivity index (χ4n) is 6.45. The van der Waals surface area contributed by atoms with E-state index in [2.05, 4.69) is 15.3 Å². The van der Waals surface area contributed by atoms with Crippen LogP contribution in [0.3, 0.4) is 0 Å². The van der Waals surface area contributed by atoms with Gasteiger partial charge in [0.25, 0.3) is 0 Å². The van der Waals surface area contributed by atoms with Gasteiger partial charge in [-0.1, -0.05) is 30.3 Å². The number of aryl methyl sites for hydroxylation is 3. The number of benzene rings is 2. The van der Waals surface area contributed by atoms with Crippen molar-refractivity contribution in [3.05, 3.63) is 75.5 Å². The van der Waals surface area contributed by atoms with E-state index in [4.69, 9.17) is 4.74 Å². The summed E-state index contributed by atoms with van der Waals surface area (Å²) in [4.78, 5) is 15.3. The molecule has 1 aliphatic heterocycles. The summed E-state index contributed by atoms with van der Waals surface area (Å²) in [5.74, 6) is -1.92. The van der Waals surface area contributed by atoms with Gasteiger partial charge in [0.2, 0.25) is 15.9 Å². The Morgan fingerprint density at radius 2 is 1.98 bits per heavy atom. The number of carboxylic acid groups (broad SMARTS) is 1. The lowest BCUT2D eigenvalue weighted by Crippen LogP contribution is -2.36. The van der Waals surface area contributed by atoms with E-state index in [1.165, 1.54) is 0 Å². The summed E-state index contributed by atoms with van der Waals surface area (Å²) in [7, 11) is -2.68. The summed E-state index contributed by atoms with van der Waals surface area (Å²) in [5, 5.41) is 18.3. The molecule has 2 aliphatic rings. The highest BCUT2D eigenvalue weighted by atomic mass is 32.2. The lowest BCUT2D eigenvalue weighted by molar-refractivity contribution is -0.138. The number of halogens is 3. The number of pyridine rings is 1. The third-order valence-corrected chi connectivity index (χ3v) is 10.6. The second-order valence-corrected chi connectivity index (χ2v) is 13.6. The van der Waals surface area contributed by atoms with Crippen LogP contribution >= 0.6 is 0 Å². The minimum Gasteiger partial charge on any atom is -0.481 e. The van der Waals surface area contributed by atoms with Crippen LogP contribution in [0, 0.1) is 6.92 Å². The van der Waals surface area contributed by atoms with Gasteiger partial charge in [-0.25, -0.2) is 18.1 Å². The number of fused-ring (bicyclic) bond motifs is 3. The number of sulfonamides is 1. The first-order valence-electron chi connectivity index (χ1n) is 14.7.